The molecule has 0 aliphatic carbocycles. The van der Waals surface area contributed by atoms with Crippen molar-refractivity contribution >= 4 is 5.82 Å². The second kappa shape index (κ2) is 6.25. The van der Waals surface area contributed by atoms with Gasteiger partial charge in [-0.3, -0.25) is 0 Å². The van der Waals surface area contributed by atoms with Crippen molar-refractivity contribution in [2.75, 3.05) is 11.9 Å². The van der Waals surface area contributed by atoms with Crippen molar-refractivity contribution in [2.45, 2.75) is 47.5 Å². The number of aromatic nitrogens is 2. The highest BCUT2D eigenvalue weighted by Gasteiger charge is 2.14. The van der Waals surface area contributed by atoms with E-state index in [4.69, 9.17) is 4.98 Å². The first-order valence-electron chi connectivity index (χ1n) is 7.63. The predicted molar refractivity (Wildman–Crippen MR) is 89.9 cm³/mol. The molecule has 1 N–H and O–H groups in total. The van der Waals surface area contributed by atoms with Gasteiger partial charge in [0.2, 0.25) is 0 Å². The lowest BCUT2D eigenvalue weighted by atomic mass is 10.0. The third-order valence-electron chi connectivity index (χ3n) is 3.52. The summed E-state index contributed by atoms with van der Waals surface area (Å²) < 4.78 is 0. The molecule has 0 bridgehead atoms. The van der Waals surface area contributed by atoms with Crippen molar-refractivity contribution in [1.82, 2.24) is 9.97 Å². The van der Waals surface area contributed by atoms with Gasteiger partial charge in [-0.25, -0.2) is 9.97 Å². The van der Waals surface area contributed by atoms with E-state index in [-0.39, 0.29) is 0 Å². The Morgan fingerprint density at radius 1 is 1.00 bits per heavy atom. The van der Waals surface area contributed by atoms with Crippen LogP contribution in [0.4, 0.5) is 5.82 Å². The van der Waals surface area contributed by atoms with E-state index in [1.165, 1.54) is 16.7 Å². The van der Waals surface area contributed by atoms with Crippen LogP contribution < -0.4 is 5.32 Å². The second-order valence-electron chi connectivity index (χ2n) is 5.97. The summed E-state index contributed by atoms with van der Waals surface area (Å²) in [6.45, 7) is 13.6. The van der Waals surface area contributed by atoms with E-state index < -0.39 is 0 Å². The topological polar surface area (TPSA) is 37.8 Å². The molecule has 0 fully saturated rings. The SMILES string of the molecule is CCNc1nc(C(C)C)nc(-c2cc(C)cc(C)c2)c1C. The van der Waals surface area contributed by atoms with Gasteiger partial charge in [0, 0.05) is 23.6 Å². The molecular formula is C18H25N3. The van der Waals surface area contributed by atoms with Crippen LogP contribution in [0.5, 0.6) is 0 Å². The smallest absolute Gasteiger partial charge is 0.133 e. The monoisotopic (exact) mass is 283 g/mol. The molecule has 0 aliphatic heterocycles. The number of nitrogens with zero attached hydrogens (tertiary/aromatic N) is 2. The first-order chi connectivity index (χ1) is 9.92. The zero-order valence-electron chi connectivity index (χ0n) is 13.9. The highest BCUT2D eigenvalue weighted by molar-refractivity contribution is 5.69. The average molecular weight is 283 g/mol. The van der Waals surface area contributed by atoms with E-state index in [2.05, 4.69) is 70.0 Å². The minimum atomic E-state index is 0.313. The third-order valence-corrected chi connectivity index (χ3v) is 3.52. The largest absolute Gasteiger partial charge is 0.370 e. The molecular weight excluding hydrogens is 258 g/mol. The number of nitrogens with one attached hydrogen (secondary N) is 1. The maximum atomic E-state index is 4.82. The predicted octanol–water partition coefficient (Wildman–Crippen LogP) is 4.62. The first kappa shape index (κ1) is 15.5. The van der Waals surface area contributed by atoms with E-state index >= 15 is 0 Å². The summed E-state index contributed by atoms with van der Waals surface area (Å²) in [6.07, 6.45) is 0. The van der Waals surface area contributed by atoms with Gasteiger partial charge in [0.25, 0.3) is 0 Å². The van der Waals surface area contributed by atoms with Crippen LogP contribution in [0.2, 0.25) is 0 Å². The molecule has 1 heterocycles. The van der Waals surface area contributed by atoms with Crippen LogP contribution >= 0.6 is 0 Å². The number of hydrogen-bond donors (Lipinski definition) is 1. The highest BCUT2D eigenvalue weighted by atomic mass is 15.0. The molecule has 0 aliphatic rings. The Bertz CT molecular complexity index is 625. The fourth-order valence-electron chi connectivity index (χ4n) is 2.52. The molecule has 0 saturated carbocycles. The van der Waals surface area contributed by atoms with Gasteiger partial charge < -0.3 is 5.32 Å². The van der Waals surface area contributed by atoms with Gasteiger partial charge in [-0.05, 0) is 39.8 Å². The molecule has 2 rings (SSSR count). The molecule has 0 radical (unpaired) electrons. The van der Waals surface area contributed by atoms with E-state index in [1.807, 2.05) is 0 Å². The number of anilines is 1. The number of rotatable bonds is 4. The number of benzene rings is 1. The summed E-state index contributed by atoms with van der Waals surface area (Å²) in [4.78, 5) is 9.49. The lowest BCUT2D eigenvalue weighted by Gasteiger charge is -2.15. The molecule has 0 atom stereocenters. The summed E-state index contributed by atoms with van der Waals surface area (Å²) in [5.74, 6) is 2.16. The standard InChI is InChI=1S/C18H25N3/c1-7-19-18-14(6)16(20-17(21-18)11(2)3)15-9-12(4)8-13(5)10-15/h8-11H,7H2,1-6H3,(H,19,20,21). The van der Waals surface area contributed by atoms with Crippen molar-refractivity contribution in [3.05, 3.63) is 40.7 Å². The van der Waals surface area contributed by atoms with Crippen LogP contribution in [0.3, 0.4) is 0 Å². The Labute approximate surface area is 127 Å². The average Bonchev–Trinajstić information content (AvgIpc) is 2.39. The first-order valence-corrected chi connectivity index (χ1v) is 7.63. The van der Waals surface area contributed by atoms with Gasteiger partial charge in [0.1, 0.15) is 11.6 Å². The van der Waals surface area contributed by atoms with Gasteiger partial charge in [-0.1, -0.05) is 31.0 Å². The van der Waals surface area contributed by atoms with Crippen molar-refractivity contribution in [3.63, 3.8) is 0 Å². The van der Waals surface area contributed by atoms with Gasteiger partial charge in [0.15, 0.2) is 0 Å². The van der Waals surface area contributed by atoms with Crippen LogP contribution in [-0.2, 0) is 0 Å². The Balaban J connectivity index is 2.65. The maximum Gasteiger partial charge on any atom is 0.133 e. The molecule has 2 aromatic rings. The zero-order chi connectivity index (χ0) is 15.6. The van der Waals surface area contributed by atoms with Gasteiger partial charge >= 0.3 is 0 Å². The minimum absolute atomic E-state index is 0.313. The lowest BCUT2D eigenvalue weighted by molar-refractivity contribution is 0.774. The van der Waals surface area contributed by atoms with Crippen molar-refractivity contribution in [3.8, 4) is 11.3 Å². The van der Waals surface area contributed by atoms with Crippen LogP contribution in [0.1, 0.15) is 49.2 Å². The van der Waals surface area contributed by atoms with E-state index in [9.17, 15) is 0 Å². The molecule has 0 amide bonds. The zero-order valence-corrected chi connectivity index (χ0v) is 13.9. The summed E-state index contributed by atoms with van der Waals surface area (Å²) in [5.41, 5.74) is 5.86. The van der Waals surface area contributed by atoms with Crippen LogP contribution in [0.25, 0.3) is 11.3 Å². The Kier molecular flexibility index (Phi) is 4.61. The summed E-state index contributed by atoms with van der Waals surface area (Å²) in [6, 6.07) is 6.58. The second-order valence-corrected chi connectivity index (χ2v) is 5.97. The fraction of sp³-hybridized carbons (Fsp3) is 0.444. The summed E-state index contributed by atoms with van der Waals surface area (Å²) >= 11 is 0. The van der Waals surface area contributed by atoms with Crippen molar-refractivity contribution in [1.29, 1.82) is 0 Å². The van der Waals surface area contributed by atoms with E-state index in [1.54, 1.807) is 0 Å². The lowest BCUT2D eigenvalue weighted by Crippen LogP contribution is -2.09. The molecule has 0 unspecified atom stereocenters. The van der Waals surface area contributed by atoms with Crippen LogP contribution in [-0.4, -0.2) is 16.5 Å². The molecule has 112 valence electrons. The quantitative estimate of drug-likeness (QED) is 0.889. The molecule has 1 aromatic heterocycles. The van der Waals surface area contributed by atoms with Gasteiger partial charge in [-0.2, -0.15) is 0 Å². The molecule has 3 nitrogen and oxygen atoms in total. The Morgan fingerprint density at radius 3 is 2.14 bits per heavy atom. The summed E-state index contributed by atoms with van der Waals surface area (Å²) in [5, 5.41) is 3.36. The van der Waals surface area contributed by atoms with Crippen LogP contribution in [0.15, 0.2) is 18.2 Å². The number of hydrogen-bond acceptors (Lipinski definition) is 3. The molecule has 21 heavy (non-hydrogen) atoms. The number of aryl methyl sites for hydroxylation is 2. The van der Waals surface area contributed by atoms with Crippen molar-refractivity contribution < 1.29 is 0 Å². The molecule has 0 saturated heterocycles. The van der Waals surface area contributed by atoms with Crippen LogP contribution in [0, 0.1) is 20.8 Å². The van der Waals surface area contributed by atoms with Gasteiger partial charge in [-0.15, -0.1) is 0 Å². The van der Waals surface area contributed by atoms with E-state index in [0.29, 0.717) is 5.92 Å². The highest BCUT2D eigenvalue weighted by Crippen LogP contribution is 2.29. The molecule has 1 aromatic carbocycles. The Morgan fingerprint density at radius 2 is 1.62 bits per heavy atom. The maximum absolute atomic E-state index is 4.82. The third kappa shape index (κ3) is 3.41. The van der Waals surface area contributed by atoms with Gasteiger partial charge in [0.05, 0.1) is 5.69 Å². The molecule has 0 spiro atoms. The fourth-order valence-corrected chi connectivity index (χ4v) is 2.52. The Hall–Kier alpha value is -1.90. The van der Waals surface area contributed by atoms with E-state index in [0.717, 1.165) is 29.4 Å². The normalized spacial score (nSPS) is 11.0. The molecule has 3 heteroatoms. The summed E-state index contributed by atoms with van der Waals surface area (Å²) in [7, 11) is 0. The van der Waals surface area contributed by atoms with Crippen molar-refractivity contribution in [2.24, 2.45) is 0 Å². The minimum Gasteiger partial charge on any atom is -0.370 e.